The maximum absolute atomic E-state index is 4.52. The predicted molar refractivity (Wildman–Crippen MR) is 66.7 cm³/mol. The molecular weight excluding hydrogens is 206 g/mol. The fraction of sp³-hybridized carbons (Fsp3) is 0.636. The summed E-state index contributed by atoms with van der Waals surface area (Å²) in [5.41, 5.74) is 1.12. The largest absolute Gasteiger partial charge is 0.362 e. The Hall–Kier alpha value is -0.770. The molecule has 0 saturated heterocycles. The Balaban J connectivity index is 2.70. The van der Waals surface area contributed by atoms with Gasteiger partial charge in [-0.05, 0) is 13.3 Å². The lowest BCUT2D eigenvalue weighted by molar-refractivity contribution is 0.880. The number of aromatic nitrogens is 2. The van der Waals surface area contributed by atoms with Crippen molar-refractivity contribution in [3.05, 3.63) is 11.8 Å². The van der Waals surface area contributed by atoms with Gasteiger partial charge in [0.1, 0.15) is 5.82 Å². The lowest BCUT2D eigenvalue weighted by atomic mass is 10.3. The molecule has 3 nitrogen and oxygen atoms in total. The zero-order chi connectivity index (χ0) is 11.3. The van der Waals surface area contributed by atoms with Crippen LogP contribution in [-0.4, -0.2) is 29.8 Å². The van der Waals surface area contributed by atoms with Crippen LogP contribution < -0.4 is 4.90 Å². The highest BCUT2D eigenvalue weighted by molar-refractivity contribution is 7.99. The second kappa shape index (κ2) is 5.95. The monoisotopic (exact) mass is 225 g/mol. The van der Waals surface area contributed by atoms with Crippen molar-refractivity contribution < 1.29 is 0 Å². The van der Waals surface area contributed by atoms with Gasteiger partial charge in [-0.25, -0.2) is 9.97 Å². The number of anilines is 1. The first-order chi connectivity index (χ1) is 7.15. The van der Waals surface area contributed by atoms with Gasteiger partial charge in [-0.2, -0.15) is 0 Å². The SMILES string of the molecule is CCCCSc1ncc(C)c(N(C)C)n1. The third-order valence-electron chi connectivity index (χ3n) is 2.08. The van der Waals surface area contributed by atoms with Gasteiger partial charge in [0.15, 0.2) is 5.16 Å². The third kappa shape index (κ3) is 3.70. The van der Waals surface area contributed by atoms with Crippen LogP contribution in [0.25, 0.3) is 0 Å². The van der Waals surface area contributed by atoms with Gasteiger partial charge in [0.05, 0.1) is 0 Å². The molecule has 1 rings (SSSR count). The first kappa shape index (κ1) is 12.3. The Morgan fingerprint density at radius 1 is 1.40 bits per heavy atom. The molecule has 4 heteroatoms. The molecule has 0 N–H and O–H groups in total. The van der Waals surface area contributed by atoms with Gasteiger partial charge < -0.3 is 4.90 Å². The van der Waals surface area contributed by atoms with Crippen molar-refractivity contribution in [1.82, 2.24) is 9.97 Å². The molecular formula is C11H19N3S. The second-order valence-electron chi connectivity index (χ2n) is 3.76. The molecule has 0 aromatic carbocycles. The minimum Gasteiger partial charge on any atom is -0.362 e. The first-order valence-electron chi connectivity index (χ1n) is 5.29. The summed E-state index contributed by atoms with van der Waals surface area (Å²) in [6.07, 6.45) is 4.34. The van der Waals surface area contributed by atoms with Crippen LogP contribution in [0.15, 0.2) is 11.4 Å². The highest BCUT2D eigenvalue weighted by atomic mass is 32.2. The van der Waals surface area contributed by atoms with Gasteiger partial charge >= 0.3 is 0 Å². The molecule has 84 valence electrons. The van der Waals surface area contributed by atoms with E-state index in [4.69, 9.17) is 0 Å². The lowest BCUT2D eigenvalue weighted by Gasteiger charge is -2.14. The summed E-state index contributed by atoms with van der Waals surface area (Å²) < 4.78 is 0. The maximum atomic E-state index is 4.52. The molecule has 0 unspecified atom stereocenters. The van der Waals surface area contributed by atoms with Crippen LogP contribution >= 0.6 is 11.8 Å². The summed E-state index contributed by atoms with van der Waals surface area (Å²) in [5.74, 6) is 2.12. The fourth-order valence-corrected chi connectivity index (χ4v) is 2.14. The van der Waals surface area contributed by atoms with E-state index in [1.54, 1.807) is 11.8 Å². The van der Waals surface area contributed by atoms with Crippen molar-refractivity contribution in [1.29, 1.82) is 0 Å². The molecule has 1 heterocycles. The van der Waals surface area contributed by atoms with Crippen molar-refractivity contribution in [3.63, 3.8) is 0 Å². The molecule has 0 amide bonds. The minimum absolute atomic E-state index is 0.887. The smallest absolute Gasteiger partial charge is 0.189 e. The van der Waals surface area contributed by atoms with Gasteiger partial charge in [-0.3, -0.25) is 0 Å². The molecule has 0 spiro atoms. The molecule has 0 radical (unpaired) electrons. The average Bonchev–Trinajstić information content (AvgIpc) is 2.20. The van der Waals surface area contributed by atoms with E-state index < -0.39 is 0 Å². The quantitative estimate of drug-likeness (QED) is 0.438. The lowest BCUT2D eigenvalue weighted by Crippen LogP contribution is -2.13. The predicted octanol–water partition coefficient (Wildman–Crippen LogP) is 2.74. The van der Waals surface area contributed by atoms with Gasteiger partial charge in [-0.1, -0.05) is 25.1 Å². The molecule has 0 aliphatic carbocycles. The molecule has 0 atom stereocenters. The van der Waals surface area contributed by atoms with Crippen LogP contribution in [0.4, 0.5) is 5.82 Å². The van der Waals surface area contributed by atoms with Crippen LogP contribution in [0, 0.1) is 6.92 Å². The third-order valence-corrected chi connectivity index (χ3v) is 3.02. The number of thioether (sulfide) groups is 1. The Morgan fingerprint density at radius 3 is 2.73 bits per heavy atom. The van der Waals surface area contributed by atoms with E-state index in [-0.39, 0.29) is 0 Å². The van der Waals surface area contributed by atoms with Gasteiger partial charge in [-0.15, -0.1) is 0 Å². The van der Waals surface area contributed by atoms with Crippen molar-refractivity contribution in [2.45, 2.75) is 31.8 Å². The van der Waals surface area contributed by atoms with Gasteiger partial charge in [0, 0.05) is 31.6 Å². The van der Waals surface area contributed by atoms with Crippen molar-refractivity contribution in [3.8, 4) is 0 Å². The average molecular weight is 225 g/mol. The number of unbranched alkanes of at least 4 members (excludes halogenated alkanes) is 1. The Kier molecular flexibility index (Phi) is 4.88. The molecule has 15 heavy (non-hydrogen) atoms. The van der Waals surface area contributed by atoms with E-state index in [0.29, 0.717) is 0 Å². The minimum atomic E-state index is 0.887. The zero-order valence-electron chi connectivity index (χ0n) is 9.95. The summed E-state index contributed by atoms with van der Waals surface area (Å²) in [5, 5.41) is 0.887. The highest BCUT2D eigenvalue weighted by Crippen LogP contribution is 2.20. The van der Waals surface area contributed by atoms with E-state index in [2.05, 4.69) is 16.9 Å². The summed E-state index contributed by atoms with van der Waals surface area (Å²) in [6, 6.07) is 0. The number of hydrogen-bond acceptors (Lipinski definition) is 4. The van der Waals surface area contributed by atoms with Crippen molar-refractivity contribution in [2.75, 3.05) is 24.7 Å². The van der Waals surface area contributed by atoms with Crippen molar-refractivity contribution in [2.24, 2.45) is 0 Å². The van der Waals surface area contributed by atoms with Gasteiger partial charge in [0.2, 0.25) is 0 Å². The van der Waals surface area contributed by atoms with E-state index in [0.717, 1.165) is 22.3 Å². The number of rotatable bonds is 5. The number of nitrogens with zero attached hydrogens (tertiary/aromatic N) is 3. The number of hydrogen-bond donors (Lipinski definition) is 0. The molecule has 1 aromatic rings. The normalized spacial score (nSPS) is 10.4. The maximum Gasteiger partial charge on any atom is 0.189 e. The summed E-state index contributed by atoms with van der Waals surface area (Å²) >= 11 is 1.74. The molecule has 0 aliphatic heterocycles. The van der Waals surface area contributed by atoms with E-state index >= 15 is 0 Å². The molecule has 1 aromatic heterocycles. The summed E-state index contributed by atoms with van der Waals surface area (Å²) in [6.45, 7) is 4.23. The van der Waals surface area contributed by atoms with Crippen LogP contribution in [-0.2, 0) is 0 Å². The molecule has 0 saturated carbocycles. The molecule has 0 aliphatic rings. The summed E-state index contributed by atoms with van der Waals surface area (Å²) in [7, 11) is 4.02. The summed E-state index contributed by atoms with van der Waals surface area (Å²) in [4.78, 5) is 10.9. The van der Waals surface area contributed by atoms with E-state index in [9.17, 15) is 0 Å². The zero-order valence-corrected chi connectivity index (χ0v) is 10.8. The Labute approximate surface area is 96.3 Å². The van der Waals surface area contributed by atoms with Crippen LogP contribution in [0.3, 0.4) is 0 Å². The Bertz CT molecular complexity index is 313. The Morgan fingerprint density at radius 2 is 2.13 bits per heavy atom. The van der Waals surface area contributed by atoms with Crippen LogP contribution in [0.5, 0.6) is 0 Å². The first-order valence-corrected chi connectivity index (χ1v) is 6.27. The van der Waals surface area contributed by atoms with Crippen molar-refractivity contribution >= 4 is 17.6 Å². The van der Waals surface area contributed by atoms with Crippen LogP contribution in [0.2, 0.25) is 0 Å². The van der Waals surface area contributed by atoms with Gasteiger partial charge in [0.25, 0.3) is 0 Å². The topological polar surface area (TPSA) is 29.0 Å². The van der Waals surface area contributed by atoms with E-state index in [1.807, 2.05) is 32.1 Å². The number of aryl methyl sites for hydroxylation is 1. The fourth-order valence-electron chi connectivity index (χ4n) is 1.25. The highest BCUT2D eigenvalue weighted by Gasteiger charge is 2.05. The molecule has 0 fully saturated rings. The van der Waals surface area contributed by atoms with Crippen LogP contribution in [0.1, 0.15) is 25.3 Å². The molecule has 0 bridgehead atoms. The van der Waals surface area contributed by atoms with E-state index in [1.165, 1.54) is 12.8 Å². The second-order valence-corrected chi connectivity index (χ2v) is 4.82. The standard InChI is InChI=1S/C11H19N3S/c1-5-6-7-15-11-12-8-9(2)10(13-11)14(3)4/h8H,5-7H2,1-4H3.